The Morgan fingerprint density at radius 1 is 0.784 bits per heavy atom. The first kappa shape index (κ1) is 25.8. The number of amides is 1. The first-order valence-electron chi connectivity index (χ1n) is 12.3. The van der Waals surface area contributed by atoms with Gasteiger partial charge in [-0.15, -0.1) is 0 Å². The molecule has 37 heavy (non-hydrogen) atoms. The van der Waals surface area contributed by atoms with Gasteiger partial charge in [0, 0.05) is 18.7 Å². The maximum atomic E-state index is 13.5. The topological polar surface area (TPSA) is 74.0 Å². The van der Waals surface area contributed by atoms with Crippen molar-refractivity contribution >= 4 is 5.91 Å². The summed E-state index contributed by atoms with van der Waals surface area (Å²) in [6, 6.07) is 32.6. The van der Waals surface area contributed by atoms with Crippen LogP contribution in [0.1, 0.15) is 27.9 Å². The van der Waals surface area contributed by atoms with E-state index in [1.54, 1.807) is 30.2 Å². The van der Waals surface area contributed by atoms with E-state index in [-0.39, 0.29) is 5.91 Å². The van der Waals surface area contributed by atoms with E-state index < -0.39 is 0 Å². The number of nitrogens with two attached hydrogens (primary N) is 1. The van der Waals surface area contributed by atoms with Crippen LogP contribution < -0.4 is 19.9 Å². The van der Waals surface area contributed by atoms with Crippen LogP contribution in [-0.2, 0) is 13.2 Å². The van der Waals surface area contributed by atoms with Gasteiger partial charge in [-0.2, -0.15) is 0 Å². The summed E-state index contributed by atoms with van der Waals surface area (Å²) in [5.74, 6) is 2.48. The Morgan fingerprint density at radius 2 is 1.49 bits per heavy atom. The molecule has 6 nitrogen and oxygen atoms in total. The van der Waals surface area contributed by atoms with E-state index in [0.717, 1.165) is 22.6 Å². The molecule has 0 aliphatic rings. The van der Waals surface area contributed by atoms with Gasteiger partial charge in [-0.3, -0.25) is 4.79 Å². The van der Waals surface area contributed by atoms with Crippen molar-refractivity contribution < 1.29 is 19.0 Å². The van der Waals surface area contributed by atoms with Crippen molar-refractivity contribution in [1.82, 2.24) is 4.90 Å². The van der Waals surface area contributed by atoms with Crippen LogP contribution in [-0.4, -0.2) is 31.0 Å². The fourth-order valence-electron chi connectivity index (χ4n) is 3.92. The third-order valence-corrected chi connectivity index (χ3v) is 5.82. The predicted molar refractivity (Wildman–Crippen MR) is 145 cm³/mol. The zero-order chi connectivity index (χ0) is 25.9. The summed E-state index contributed by atoms with van der Waals surface area (Å²) in [5.41, 5.74) is 8.32. The van der Waals surface area contributed by atoms with E-state index in [1.165, 1.54) is 0 Å². The Kier molecular flexibility index (Phi) is 9.16. The number of carbonyl (C=O) groups excluding carboxylic acids is 1. The largest absolute Gasteiger partial charge is 0.493 e. The van der Waals surface area contributed by atoms with E-state index in [9.17, 15) is 4.79 Å². The van der Waals surface area contributed by atoms with Crippen molar-refractivity contribution in [3.8, 4) is 23.0 Å². The molecule has 0 aromatic heterocycles. The minimum atomic E-state index is -0.101. The maximum Gasteiger partial charge on any atom is 0.254 e. The summed E-state index contributed by atoms with van der Waals surface area (Å²) in [4.78, 5) is 15.3. The smallest absolute Gasteiger partial charge is 0.254 e. The Morgan fingerprint density at radius 3 is 2.22 bits per heavy atom. The molecule has 0 aliphatic carbocycles. The lowest BCUT2D eigenvalue weighted by atomic mass is 10.1. The van der Waals surface area contributed by atoms with Gasteiger partial charge in [0.2, 0.25) is 0 Å². The van der Waals surface area contributed by atoms with Crippen LogP contribution in [0, 0.1) is 0 Å². The fraction of sp³-hybridized carbons (Fsp3) is 0.194. The van der Waals surface area contributed by atoms with Crippen LogP contribution >= 0.6 is 0 Å². The second-order valence-corrected chi connectivity index (χ2v) is 8.57. The quantitative estimate of drug-likeness (QED) is 0.258. The number of para-hydroxylation sites is 1. The molecule has 0 aliphatic heterocycles. The van der Waals surface area contributed by atoms with Crippen molar-refractivity contribution in [3.63, 3.8) is 0 Å². The van der Waals surface area contributed by atoms with Crippen molar-refractivity contribution in [2.45, 2.75) is 19.6 Å². The normalized spacial score (nSPS) is 10.5. The minimum Gasteiger partial charge on any atom is -0.493 e. The highest BCUT2D eigenvalue weighted by Gasteiger charge is 2.19. The van der Waals surface area contributed by atoms with Gasteiger partial charge in [-0.1, -0.05) is 60.7 Å². The molecule has 4 rings (SSSR count). The lowest BCUT2D eigenvalue weighted by Gasteiger charge is -2.23. The SMILES string of the molecule is COc1cc(C(=O)N(CCCN)Cc2cccc(Oc3ccccc3)c2)ccc1OCc1ccccc1. The van der Waals surface area contributed by atoms with E-state index in [2.05, 4.69) is 0 Å². The molecule has 0 unspecified atom stereocenters. The molecule has 0 heterocycles. The van der Waals surface area contributed by atoms with Crippen molar-refractivity contribution in [3.05, 3.63) is 120 Å². The molecular weight excluding hydrogens is 464 g/mol. The molecule has 1 amide bonds. The van der Waals surface area contributed by atoms with Gasteiger partial charge in [0.25, 0.3) is 5.91 Å². The van der Waals surface area contributed by atoms with E-state index >= 15 is 0 Å². The second kappa shape index (κ2) is 13.1. The molecule has 190 valence electrons. The molecule has 0 fully saturated rings. The van der Waals surface area contributed by atoms with Crippen molar-refractivity contribution in [2.24, 2.45) is 5.73 Å². The Labute approximate surface area is 218 Å². The van der Waals surface area contributed by atoms with Crippen LogP contribution in [0.3, 0.4) is 0 Å². The standard InChI is InChI=1S/C31H32N2O4/c1-35-30-21-26(16-17-29(30)36-23-24-10-4-2-5-11-24)31(34)33(19-9-18-32)22-25-12-8-15-28(20-25)37-27-13-6-3-7-14-27/h2-8,10-17,20-21H,9,18-19,22-23,32H2,1H3. The zero-order valence-corrected chi connectivity index (χ0v) is 21.0. The van der Waals surface area contributed by atoms with Crippen molar-refractivity contribution in [2.75, 3.05) is 20.2 Å². The third kappa shape index (κ3) is 7.35. The molecule has 0 saturated carbocycles. The summed E-state index contributed by atoms with van der Waals surface area (Å²) < 4.78 is 17.5. The first-order chi connectivity index (χ1) is 18.2. The van der Waals surface area contributed by atoms with Gasteiger partial charge in [-0.25, -0.2) is 0 Å². The van der Waals surface area contributed by atoms with E-state index in [1.807, 2.05) is 84.9 Å². The van der Waals surface area contributed by atoms with Gasteiger partial charge in [0.05, 0.1) is 7.11 Å². The summed E-state index contributed by atoms with van der Waals surface area (Å²) >= 11 is 0. The maximum absolute atomic E-state index is 13.5. The molecule has 0 spiro atoms. The molecule has 2 N–H and O–H groups in total. The van der Waals surface area contributed by atoms with Gasteiger partial charge in [-0.05, 0) is 66.6 Å². The highest BCUT2D eigenvalue weighted by atomic mass is 16.5. The molecule has 4 aromatic rings. The van der Waals surface area contributed by atoms with Crippen LogP contribution in [0.2, 0.25) is 0 Å². The van der Waals surface area contributed by atoms with E-state index in [0.29, 0.717) is 49.7 Å². The number of nitrogens with zero attached hydrogens (tertiary/aromatic N) is 1. The van der Waals surface area contributed by atoms with Crippen LogP contribution in [0.4, 0.5) is 0 Å². The molecule has 0 radical (unpaired) electrons. The highest BCUT2D eigenvalue weighted by molar-refractivity contribution is 5.95. The average molecular weight is 497 g/mol. The Hall–Kier alpha value is -4.29. The summed E-state index contributed by atoms with van der Waals surface area (Å²) in [7, 11) is 1.57. The molecular formula is C31H32N2O4. The van der Waals surface area contributed by atoms with Crippen LogP contribution in [0.25, 0.3) is 0 Å². The minimum absolute atomic E-state index is 0.101. The fourth-order valence-corrected chi connectivity index (χ4v) is 3.92. The number of ether oxygens (including phenoxy) is 3. The Bertz CT molecular complexity index is 1280. The molecule has 0 bridgehead atoms. The average Bonchev–Trinajstić information content (AvgIpc) is 2.95. The number of benzene rings is 4. The number of hydrogen-bond donors (Lipinski definition) is 1. The van der Waals surface area contributed by atoms with Crippen molar-refractivity contribution in [1.29, 1.82) is 0 Å². The molecule has 0 saturated heterocycles. The van der Waals surface area contributed by atoms with Gasteiger partial charge < -0.3 is 24.8 Å². The third-order valence-electron chi connectivity index (χ3n) is 5.82. The second-order valence-electron chi connectivity index (χ2n) is 8.57. The van der Waals surface area contributed by atoms with E-state index in [4.69, 9.17) is 19.9 Å². The Balaban J connectivity index is 1.49. The number of carbonyl (C=O) groups is 1. The number of methoxy groups -OCH3 is 1. The number of hydrogen-bond acceptors (Lipinski definition) is 5. The van der Waals surface area contributed by atoms with Crippen LogP contribution in [0.15, 0.2) is 103 Å². The number of rotatable bonds is 12. The van der Waals surface area contributed by atoms with Crippen LogP contribution in [0.5, 0.6) is 23.0 Å². The van der Waals surface area contributed by atoms with Gasteiger partial charge >= 0.3 is 0 Å². The van der Waals surface area contributed by atoms with Gasteiger partial charge in [0.1, 0.15) is 18.1 Å². The summed E-state index contributed by atoms with van der Waals surface area (Å²) in [6.45, 7) is 1.87. The lowest BCUT2D eigenvalue weighted by Crippen LogP contribution is -2.32. The first-order valence-corrected chi connectivity index (χ1v) is 12.3. The molecule has 0 atom stereocenters. The monoisotopic (exact) mass is 496 g/mol. The summed E-state index contributed by atoms with van der Waals surface area (Å²) in [5, 5.41) is 0. The predicted octanol–water partition coefficient (Wildman–Crippen LogP) is 6.06. The summed E-state index contributed by atoms with van der Waals surface area (Å²) in [6.07, 6.45) is 0.696. The zero-order valence-electron chi connectivity index (χ0n) is 21.0. The van der Waals surface area contributed by atoms with Gasteiger partial charge in [0.15, 0.2) is 11.5 Å². The molecule has 4 aromatic carbocycles. The highest BCUT2D eigenvalue weighted by Crippen LogP contribution is 2.30. The molecule has 6 heteroatoms. The lowest BCUT2D eigenvalue weighted by molar-refractivity contribution is 0.0741.